The standard InChI is InChI=1S/C16H22N4O/c1-2-3-11-4-6-20(7-5-11)15-9-14-12(8-13(15)17)16(21)19-10-18-14/h8-11H,2-7,17H2,1H3,(H,18,19,21). The van der Waals surface area contributed by atoms with E-state index in [0.717, 1.165) is 24.7 Å². The van der Waals surface area contributed by atoms with Crippen LogP contribution in [0.15, 0.2) is 23.3 Å². The molecule has 2 heterocycles. The summed E-state index contributed by atoms with van der Waals surface area (Å²) in [7, 11) is 0. The number of fused-ring (bicyclic) bond motifs is 1. The van der Waals surface area contributed by atoms with Crippen LogP contribution in [0, 0.1) is 5.92 Å². The molecule has 0 amide bonds. The van der Waals surface area contributed by atoms with Gasteiger partial charge in [-0.15, -0.1) is 0 Å². The maximum atomic E-state index is 11.8. The quantitative estimate of drug-likeness (QED) is 0.850. The Kier molecular flexibility index (Phi) is 3.82. The number of nitrogens with zero attached hydrogens (tertiary/aromatic N) is 2. The Bertz CT molecular complexity index is 686. The zero-order chi connectivity index (χ0) is 14.8. The molecule has 3 N–H and O–H groups in total. The van der Waals surface area contributed by atoms with Gasteiger partial charge >= 0.3 is 0 Å². The predicted octanol–water partition coefficient (Wildman–Crippen LogP) is 2.52. The number of nitrogens with one attached hydrogen (secondary N) is 1. The van der Waals surface area contributed by atoms with Crippen LogP contribution in [0.25, 0.3) is 10.9 Å². The van der Waals surface area contributed by atoms with Gasteiger partial charge in [-0.3, -0.25) is 4.79 Å². The molecule has 1 aliphatic rings. The third-order valence-corrected chi connectivity index (χ3v) is 4.44. The zero-order valence-electron chi connectivity index (χ0n) is 12.4. The number of aromatic amines is 1. The zero-order valence-corrected chi connectivity index (χ0v) is 12.4. The molecule has 0 bridgehead atoms. The number of hydrogen-bond acceptors (Lipinski definition) is 4. The van der Waals surface area contributed by atoms with E-state index in [0.29, 0.717) is 16.6 Å². The summed E-state index contributed by atoms with van der Waals surface area (Å²) >= 11 is 0. The maximum absolute atomic E-state index is 11.8. The highest BCUT2D eigenvalue weighted by molar-refractivity contribution is 5.88. The van der Waals surface area contributed by atoms with Gasteiger partial charge in [0.1, 0.15) is 0 Å². The monoisotopic (exact) mass is 286 g/mol. The van der Waals surface area contributed by atoms with Gasteiger partial charge in [-0.25, -0.2) is 4.98 Å². The Morgan fingerprint density at radius 3 is 2.86 bits per heavy atom. The largest absolute Gasteiger partial charge is 0.397 e. The molecule has 1 fully saturated rings. The van der Waals surface area contributed by atoms with Gasteiger partial charge in [-0.1, -0.05) is 19.8 Å². The summed E-state index contributed by atoms with van der Waals surface area (Å²) in [6, 6.07) is 3.69. The molecule has 112 valence electrons. The van der Waals surface area contributed by atoms with E-state index < -0.39 is 0 Å². The van der Waals surface area contributed by atoms with Gasteiger partial charge in [0.05, 0.1) is 28.6 Å². The van der Waals surface area contributed by atoms with Gasteiger partial charge < -0.3 is 15.6 Å². The van der Waals surface area contributed by atoms with Gasteiger partial charge in [-0.2, -0.15) is 0 Å². The SMILES string of the molecule is CCCC1CCN(c2cc3nc[nH]c(=O)c3cc2N)CC1. The molecule has 1 aromatic heterocycles. The number of benzene rings is 1. The molecule has 0 unspecified atom stereocenters. The molecule has 5 heteroatoms. The second-order valence-corrected chi connectivity index (χ2v) is 5.88. The summed E-state index contributed by atoms with van der Waals surface area (Å²) in [5, 5.41) is 0.555. The van der Waals surface area contributed by atoms with Gasteiger partial charge in [0.2, 0.25) is 0 Å². The fourth-order valence-corrected chi connectivity index (χ4v) is 3.27. The first-order valence-electron chi connectivity index (χ1n) is 7.71. The van der Waals surface area contributed by atoms with Crippen LogP contribution < -0.4 is 16.2 Å². The highest BCUT2D eigenvalue weighted by Gasteiger charge is 2.20. The van der Waals surface area contributed by atoms with E-state index in [4.69, 9.17) is 5.73 Å². The number of aromatic nitrogens is 2. The topological polar surface area (TPSA) is 75.0 Å². The molecule has 0 aliphatic carbocycles. The Labute approximate surface area is 124 Å². The lowest BCUT2D eigenvalue weighted by atomic mass is 9.92. The van der Waals surface area contributed by atoms with Gasteiger partial charge in [0.15, 0.2) is 0 Å². The molecule has 1 aromatic carbocycles. The van der Waals surface area contributed by atoms with E-state index in [1.807, 2.05) is 6.07 Å². The summed E-state index contributed by atoms with van der Waals surface area (Å²) < 4.78 is 0. The van der Waals surface area contributed by atoms with Crippen molar-refractivity contribution < 1.29 is 0 Å². The highest BCUT2D eigenvalue weighted by atomic mass is 16.1. The summed E-state index contributed by atoms with van der Waals surface area (Å²) in [5.74, 6) is 0.842. The first kappa shape index (κ1) is 13.9. The van der Waals surface area contributed by atoms with Crippen LogP contribution in [0.5, 0.6) is 0 Å². The van der Waals surface area contributed by atoms with E-state index in [-0.39, 0.29) is 5.56 Å². The lowest BCUT2D eigenvalue weighted by Crippen LogP contribution is -2.34. The van der Waals surface area contributed by atoms with Crippen molar-refractivity contribution in [1.29, 1.82) is 0 Å². The van der Waals surface area contributed by atoms with Crippen molar-refractivity contribution in [2.24, 2.45) is 5.92 Å². The molecule has 3 rings (SSSR count). The normalized spacial score (nSPS) is 16.5. The van der Waals surface area contributed by atoms with Crippen LogP contribution in [-0.2, 0) is 0 Å². The number of H-pyrrole nitrogens is 1. The lowest BCUT2D eigenvalue weighted by molar-refractivity contribution is 0.378. The van der Waals surface area contributed by atoms with Crippen LogP contribution in [0.1, 0.15) is 32.6 Å². The van der Waals surface area contributed by atoms with E-state index in [1.54, 1.807) is 6.07 Å². The lowest BCUT2D eigenvalue weighted by Gasteiger charge is -2.34. The highest BCUT2D eigenvalue weighted by Crippen LogP contribution is 2.31. The molecule has 0 saturated carbocycles. The summed E-state index contributed by atoms with van der Waals surface area (Å²) in [4.78, 5) is 20.9. The average Bonchev–Trinajstić information content (AvgIpc) is 2.49. The number of rotatable bonds is 3. The van der Waals surface area contributed by atoms with E-state index in [2.05, 4.69) is 21.8 Å². The summed E-state index contributed by atoms with van der Waals surface area (Å²) in [6.07, 6.45) is 6.45. The Balaban J connectivity index is 1.88. The molecule has 21 heavy (non-hydrogen) atoms. The van der Waals surface area contributed by atoms with Crippen molar-refractivity contribution in [3.05, 3.63) is 28.8 Å². The van der Waals surface area contributed by atoms with E-state index in [1.165, 1.54) is 32.0 Å². The van der Waals surface area contributed by atoms with Crippen molar-refractivity contribution >= 4 is 22.3 Å². The third kappa shape index (κ3) is 2.73. The van der Waals surface area contributed by atoms with Crippen LogP contribution in [0.2, 0.25) is 0 Å². The minimum Gasteiger partial charge on any atom is -0.397 e. The number of nitrogens with two attached hydrogens (primary N) is 1. The number of piperidine rings is 1. The molecule has 1 saturated heterocycles. The first-order chi connectivity index (χ1) is 10.2. The second kappa shape index (κ2) is 5.76. The van der Waals surface area contributed by atoms with E-state index >= 15 is 0 Å². The predicted molar refractivity (Wildman–Crippen MR) is 86.6 cm³/mol. The third-order valence-electron chi connectivity index (χ3n) is 4.44. The van der Waals surface area contributed by atoms with Gasteiger partial charge in [0.25, 0.3) is 5.56 Å². The van der Waals surface area contributed by atoms with Crippen molar-refractivity contribution in [3.63, 3.8) is 0 Å². The van der Waals surface area contributed by atoms with Crippen LogP contribution in [0.4, 0.5) is 11.4 Å². The Morgan fingerprint density at radius 1 is 1.38 bits per heavy atom. The molecule has 0 spiro atoms. The van der Waals surface area contributed by atoms with Crippen molar-refractivity contribution in [3.8, 4) is 0 Å². The minimum atomic E-state index is -0.139. The fraction of sp³-hybridized carbons (Fsp3) is 0.500. The second-order valence-electron chi connectivity index (χ2n) is 5.88. The molecular formula is C16H22N4O. The van der Waals surface area contributed by atoms with Crippen molar-refractivity contribution in [2.45, 2.75) is 32.6 Å². The number of nitrogen functional groups attached to an aromatic ring is 1. The van der Waals surface area contributed by atoms with E-state index in [9.17, 15) is 4.79 Å². The molecule has 5 nitrogen and oxygen atoms in total. The smallest absolute Gasteiger partial charge is 0.258 e. The van der Waals surface area contributed by atoms with Gasteiger partial charge in [-0.05, 0) is 30.9 Å². The molecule has 0 radical (unpaired) electrons. The van der Waals surface area contributed by atoms with Crippen molar-refractivity contribution in [2.75, 3.05) is 23.7 Å². The molecule has 1 aliphatic heterocycles. The molecule has 0 atom stereocenters. The van der Waals surface area contributed by atoms with Crippen LogP contribution in [-0.4, -0.2) is 23.1 Å². The molecular weight excluding hydrogens is 264 g/mol. The van der Waals surface area contributed by atoms with Crippen LogP contribution in [0.3, 0.4) is 0 Å². The minimum absolute atomic E-state index is 0.139. The van der Waals surface area contributed by atoms with Gasteiger partial charge in [0, 0.05) is 13.1 Å². The fourth-order valence-electron chi connectivity index (χ4n) is 3.27. The Morgan fingerprint density at radius 2 is 2.14 bits per heavy atom. The van der Waals surface area contributed by atoms with Crippen molar-refractivity contribution in [1.82, 2.24) is 9.97 Å². The maximum Gasteiger partial charge on any atom is 0.258 e. The average molecular weight is 286 g/mol. The number of hydrogen-bond donors (Lipinski definition) is 2. The first-order valence-corrected chi connectivity index (χ1v) is 7.71. The van der Waals surface area contributed by atoms with Crippen LogP contribution >= 0.6 is 0 Å². The Hall–Kier alpha value is -2.04. The number of anilines is 2. The summed E-state index contributed by atoms with van der Waals surface area (Å²) in [5.41, 5.74) is 8.40. The molecule has 2 aromatic rings. The summed E-state index contributed by atoms with van der Waals surface area (Å²) in [6.45, 7) is 4.31.